The third-order valence-electron chi connectivity index (χ3n) is 7.08. The van der Waals surface area contributed by atoms with Crippen LogP contribution in [0.15, 0.2) is 42.6 Å². The summed E-state index contributed by atoms with van der Waals surface area (Å²) in [7, 11) is 0. The van der Waals surface area contributed by atoms with Gasteiger partial charge >= 0.3 is 0 Å². The van der Waals surface area contributed by atoms with E-state index >= 15 is 0 Å². The Balaban J connectivity index is 1.18. The van der Waals surface area contributed by atoms with Crippen LogP contribution >= 0.6 is 0 Å². The average Bonchev–Trinajstić information content (AvgIpc) is 3.24. The van der Waals surface area contributed by atoms with Crippen LogP contribution in [0.4, 0.5) is 0 Å². The molecule has 200 valence electrons. The second kappa shape index (κ2) is 11.2. The molecule has 1 unspecified atom stereocenters. The van der Waals surface area contributed by atoms with E-state index in [0.717, 1.165) is 55.1 Å². The fourth-order valence-electron chi connectivity index (χ4n) is 4.91. The van der Waals surface area contributed by atoms with Crippen LogP contribution < -0.4 is 15.4 Å². The monoisotopic (exact) mass is 520 g/mol. The molecule has 3 heterocycles. The van der Waals surface area contributed by atoms with E-state index < -0.39 is 11.9 Å². The molecule has 0 saturated carbocycles. The van der Waals surface area contributed by atoms with E-state index in [-0.39, 0.29) is 24.1 Å². The summed E-state index contributed by atoms with van der Waals surface area (Å²) in [6, 6.07) is 10.2. The first-order chi connectivity index (χ1) is 18.4. The largest absolute Gasteiger partial charge is 0.494 e. The van der Waals surface area contributed by atoms with Crippen molar-refractivity contribution in [3.05, 3.63) is 59.3 Å². The number of benzene rings is 2. The van der Waals surface area contributed by atoms with Gasteiger partial charge in [0.1, 0.15) is 18.4 Å². The molecular weight excluding hydrogens is 488 g/mol. The number of amides is 3. The number of carbonyl (C=O) groups excluding carboxylic acids is 3. The topological polar surface area (TPSA) is 122 Å². The zero-order chi connectivity index (χ0) is 26.6. The normalized spacial score (nSPS) is 18.4. The van der Waals surface area contributed by atoms with Crippen molar-refractivity contribution in [3.63, 3.8) is 0 Å². The van der Waals surface area contributed by atoms with Crippen molar-refractivity contribution in [3.8, 4) is 11.6 Å². The van der Waals surface area contributed by atoms with Crippen molar-refractivity contribution in [1.29, 1.82) is 0 Å². The molecule has 3 aromatic rings. The third kappa shape index (κ3) is 5.66. The molecule has 0 spiro atoms. The van der Waals surface area contributed by atoms with Crippen LogP contribution in [0, 0.1) is 6.92 Å². The molecule has 2 aromatic carbocycles. The lowest BCUT2D eigenvalue weighted by Crippen LogP contribution is -2.41. The van der Waals surface area contributed by atoms with Crippen LogP contribution in [0.3, 0.4) is 0 Å². The van der Waals surface area contributed by atoms with Crippen molar-refractivity contribution in [2.75, 3.05) is 39.5 Å². The van der Waals surface area contributed by atoms with E-state index in [1.54, 1.807) is 18.3 Å². The number of hydrogen-bond acceptors (Lipinski definition) is 7. The van der Waals surface area contributed by atoms with Crippen LogP contribution in [0.5, 0.6) is 11.6 Å². The fraction of sp³-hybridized carbons (Fsp3) is 0.393. The van der Waals surface area contributed by atoms with Gasteiger partial charge in [-0.25, -0.2) is 0 Å². The summed E-state index contributed by atoms with van der Waals surface area (Å²) in [6.45, 7) is 7.00. The summed E-state index contributed by atoms with van der Waals surface area (Å²) >= 11 is 0. The zero-order valence-corrected chi connectivity index (χ0v) is 21.4. The molecule has 10 nitrogen and oxygen atoms in total. The number of hydrogen-bond donors (Lipinski definition) is 3. The molecule has 5 rings (SSSR count). The first kappa shape index (κ1) is 25.7. The molecule has 2 fully saturated rings. The molecule has 3 N–H and O–H groups in total. The van der Waals surface area contributed by atoms with Crippen molar-refractivity contribution in [1.82, 2.24) is 20.1 Å². The van der Waals surface area contributed by atoms with E-state index in [1.807, 2.05) is 31.2 Å². The number of fused-ring (bicyclic) bond motifs is 1. The van der Waals surface area contributed by atoms with Gasteiger partial charge < -0.3 is 24.5 Å². The SMILES string of the molecule is Cc1cc(C(=O)NCc2ccc3c(O)n(C4CCC(=O)NC4=O)cc3c2)ccc1OCCN1CCOCC1. The minimum absolute atomic E-state index is 0.0205. The van der Waals surface area contributed by atoms with Gasteiger partial charge in [-0.05, 0) is 54.8 Å². The summed E-state index contributed by atoms with van der Waals surface area (Å²) in [6.07, 6.45) is 2.26. The molecule has 38 heavy (non-hydrogen) atoms. The van der Waals surface area contributed by atoms with Crippen LogP contribution in [0.2, 0.25) is 0 Å². The average molecular weight is 521 g/mol. The molecular formula is C28H32N4O6. The Kier molecular flexibility index (Phi) is 7.62. The van der Waals surface area contributed by atoms with E-state index in [0.29, 0.717) is 30.5 Å². The maximum absolute atomic E-state index is 12.8. The van der Waals surface area contributed by atoms with Crippen molar-refractivity contribution in [2.24, 2.45) is 0 Å². The lowest BCUT2D eigenvalue weighted by atomic mass is 10.1. The molecule has 0 aliphatic carbocycles. The minimum atomic E-state index is -0.641. The summed E-state index contributed by atoms with van der Waals surface area (Å²) in [5.74, 6) is -0.180. The smallest absolute Gasteiger partial charge is 0.251 e. The van der Waals surface area contributed by atoms with Gasteiger partial charge in [0.2, 0.25) is 11.8 Å². The van der Waals surface area contributed by atoms with Crippen LogP contribution in [0.1, 0.15) is 40.4 Å². The Morgan fingerprint density at radius 2 is 2.00 bits per heavy atom. The number of ether oxygens (including phenoxy) is 2. The number of imide groups is 1. The number of aryl methyl sites for hydroxylation is 1. The Morgan fingerprint density at radius 1 is 1.18 bits per heavy atom. The van der Waals surface area contributed by atoms with Gasteiger partial charge in [-0.15, -0.1) is 0 Å². The highest BCUT2D eigenvalue weighted by atomic mass is 16.5. The number of aromatic nitrogens is 1. The second-order valence-electron chi connectivity index (χ2n) is 9.71. The highest BCUT2D eigenvalue weighted by molar-refractivity contribution is 6.00. The number of morpholine rings is 1. The van der Waals surface area contributed by atoms with Crippen LogP contribution in [0.25, 0.3) is 10.8 Å². The Bertz CT molecular complexity index is 1360. The van der Waals surface area contributed by atoms with E-state index in [4.69, 9.17) is 9.47 Å². The van der Waals surface area contributed by atoms with E-state index in [9.17, 15) is 19.5 Å². The molecule has 10 heteroatoms. The Labute approximate surface area is 220 Å². The van der Waals surface area contributed by atoms with Gasteiger partial charge in [-0.3, -0.25) is 24.6 Å². The quantitative estimate of drug-likeness (QED) is 0.390. The zero-order valence-electron chi connectivity index (χ0n) is 21.4. The number of piperidine rings is 1. The van der Waals surface area contributed by atoms with E-state index in [2.05, 4.69) is 15.5 Å². The summed E-state index contributed by atoms with van der Waals surface area (Å²) in [4.78, 5) is 38.8. The maximum atomic E-state index is 12.8. The summed E-state index contributed by atoms with van der Waals surface area (Å²) in [5, 5.41) is 17.3. The van der Waals surface area contributed by atoms with Gasteiger partial charge in [0, 0.05) is 55.1 Å². The molecule has 1 aromatic heterocycles. The highest BCUT2D eigenvalue weighted by Gasteiger charge is 2.30. The number of nitrogens with zero attached hydrogens (tertiary/aromatic N) is 2. The lowest BCUT2D eigenvalue weighted by Gasteiger charge is -2.26. The number of aromatic hydroxyl groups is 1. The predicted molar refractivity (Wildman–Crippen MR) is 140 cm³/mol. The molecule has 2 aliphatic heterocycles. The van der Waals surface area contributed by atoms with Crippen molar-refractivity contribution >= 4 is 28.5 Å². The van der Waals surface area contributed by atoms with Gasteiger partial charge in [0.25, 0.3) is 5.91 Å². The predicted octanol–water partition coefficient (Wildman–Crippen LogP) is 2.27. The fourth-order valence-corrected chi connectivity index (χ4v) is 4.91. The molecule has 2 saturated heterocycles. The number of carbonyl (C=O) groups is 3. The summed E-state index contributed by atoms with van der Waals surface area (Å²) < 4.78 is 12.8. The molecule has 1 atom stereocenters. The molecule has 0 radical (unpaired) electrons. The lowest BCUT2D eigenvalue weighted by molar-refractivity contribution is -0.135. The first-order valence-corrected chi connectivity index (χ1v) is 12.9. The standard InChI is InChI=1S/C28H32N4O6/c1-18-14-20(3-6-24(18)38-13-10-31-8-11-37-12-9-31)26(34)29-16-19-2-4-22-21(15-19)17-32(28(22)36)23-5-7-25(33)30-27(23)35/h2-4,6,14-15,17,23,36H,5,7-13,16H2,1H3,(H,29,34)(H,30,33,35). The third-order valence-corrected chi connectivity index (χ3v) is 7.08. The molecule has 3 amide bonds. The van der Waals surface area contributed by atoms with Crippen LogP contribution in [-0.2, 0) is 20.9 Å². The molecule has 0 bridgehead atoms. The minimum Gasteiger partial charge on any atom is -0.494 e. The van der Waals surface area contributed by atoms with E-state index in [1.165, 1.54) is 4.57 Å². The number of rotatable bonds is 8. The Hall–Kier alpha value is -3.89. The van der Waals surface area contributed by atoms with Gasteiger partial charge in [0.15, 0.2) is 5.88 Å². The maximum Gasteiger partial charge on any atom is 0.251 e. The highest BCUT2D eigenvalue weighted by Crippen LogP contribution is 2.33. The van der Waals surface area contributed by atoms with Gasteiger partial charge in [-0.2, -0.15) is 0 Å². The van der Waals surface area contributed by atoms with Crippen LogP contribution in [-0.4, -0.2) is 71.7 Å². The summed E-state index contributed by atoms with van der Waals surface area (Å²) in [5.41, 5.74) is 2.29. The van der Waals surface area contributed by atoms with Crippen molar-refractivity contribution < 1.29 is 29.0 Å². The van der Waals surface area contributed by atoms with Gasteiger partial charge in [0.05, 0.1) is 13.2 Å². The first-order valence-electron chi connectivity index (χ1n) is 12.9. The van der Waals surface area contributed by atoms with Crippen molar-refractivity contribution in [2.45, 2.75) is 32.4 Å². The van der Waals surface area contributed by atoms with Gasteiger partial charge in [-0.1, -0.05) is 6.07 Å². The second-order valence-corrected chi connectivity index (χ2v) is 9.71. The number of nitrogens with one attached hydrogen (secondary N) is 2. The molecule has 2 aliphatic rings. The Morgan fingerprint density at radius 3 is 2.76 bits per heavy atom.